The summed E-state index contributed by atoms with van der Waals surface area (Å²) >= 11 is 0. The van der Waals surface area contributed by atoms with Crippen molar-refractivity contribution in [2.75, 3.05) is 13.1 Å². The van der Waals surface area contributed by atoms with Gasteiger partial charge in [0.1, 0.15) is 0 Å². The minimum absolute atomic E-state index is 0. The van der Waals surface area contributed by atoms with Crippen LogP contribution in [0.1, 0.15) is 117 Å². The Labute approximate surface area is 182 Å². The molecule has 0 fully saturated rings. The van der Waals surface area contributed by atoms with Gasteiger partial charge in [-0.2, -0.15) is 0 Å². The third kappa shape index (κ3) is 16.2. The normalized spacial score (nSPS) is 13.6. The van der Waals surface area contributed by atoms with Crippen molar-refractivity contribution in [3.05, 3.63) is 23.9 Å². The zero-order valence-electron chi connectivity index (χ0n) is 17.8. The number of hydrogen-bond acceptors (Lipinski definition) is 1. The molecule has 26 heavy (non-hydrogen) atoms. The van der Waals surface area contributed by atoms with Crippen LogP contribution in [-0.2, 0) is 0 Å². The molecule has 0 bridgehead atoms. The quantitative estimate of drug-likeness (QED) is 0.150. The maximum absolute atomic E-state index is 2.44. The molecule has 0 spiro atoms. The maximum Gasteiger partial charge on any atom is 0.0359 e. The third-order valence-corrected chi connectivity index (χ3v) is 5.49. The smallest absolute Gasteiger partial charge is 0.0359 e. The summed E-state index contributed by atoms with van der Waals surface area (Å²) in [4.78, 5) is 2.44. The Bertz CT molecular complexity index is 348. The number of allylic oxidation sites excluding steroid dienone is 2. The van der Waals surface area contributed by atoms with E-state index in [2.05, 4.69) is 37.1 Å². The lowest BCUT2D eigenvalue weighted by Crippen LogP contribution is -2.20. The van der Waals surface area contributed by atoms with Crippen LogP contribution in [0, 0.1) is 0 Å². The molecule has 154 valence electrons. The lowest BCUT2D eigenvalue weighted by molar-refractivity contribution is 0.390. The van der Waals surface area contributed by atoms with Gasteiger partial charge >= 0.3 is 0 Å². The Morgan fingerprint density at radius 2 is 1.12 bits per heavy atom. The molecule has 0 aromatic heterocycles. The molecule has 1 nitrogen and oxygen atoms in total. The molecule has 1 aliphatic rings. The average molecular weight is 476 g/mol. The molecule has 0 radical (unpaired) electrons. The summed E-state index contributed by atoms with van der Waals surface area (Å²) in [5.74, 6) is 0. The summed E-state index contributed by atoms with van der Waals surface area (Å²) in [5, 5.41) is 0. The van der Waals surface area contributed by atoms with Gasteiger partial charge in [-0.1, -0.05) is 115 Å². The van der Waals surface area contributed by atoms with Crippen molar-refractivity contribution in [3.8, 4) is 0 Å². The van der Waals surface area contributed by atoms with E-state index in [1.807, 2.05) is 0 Å². The van der Waals surface area contributed by atoms with E-state index in [9.17, 15) is 0 Å². The molecule has 0 saturated heterocycles. The van der Waals surface area contributed by atoms with E-state index in [-0.39, 0.29) is 24.0 Å². The lowest BCUT2D eigenvalue weighted by atomic mass is 10.0. The van der Waals surface area contributed by atoms with E-state index in [1.165, 1.54) is 115 Å². The van der Waals surface area contributed by atoms with E-state index in [1.54, 1.807) is 0 Å². The number of unbranched alkanes of at least 4 members (excludes halogenated alkanes) is 15. The van der Waals surface area contributed by atoms with E-state index < -0.39 is 0 Å². The molecular weight excluding hydrogens is 429 g/mol. The number of rotatable bonds is 17. The fraction of sp³-hybridized carbons (Fsp3) is 0.833. The maximum atomic E-state index is 2.44. The van der Waals surface area contributed by atoms with E-state index in [4.69, 9.17) is 0 Å². The highest BCUT2D eigenvalue weighted by Gasteiger charge is 2.01. The van der Waals surface area contributed by atoms with Crippen molar-refractivity contribution in [2.24, 2.45) is 0 Å². The van der Waals surface area contributed by atoms with Crippen LogP contribution in [0.4, 0.5) is 0 Å². The molecule has 1 rings (SSSR count). The van der Waals surface area contributed by atoms with Gasteiger partial charge < -0.3 is 4.90 Å². The zero-order chi connectivity index (χ0) is 18.0. The summed E-state index contributed by atoms with van der Waals surface area (Å²) in [5.41, 5.74) is 1.41. The van der Waals surface area contributed by atoms with Crippen LogP contribution in [0.3, 0.4) is 0 Å². The Morgan fingerprint density at radius 1 is 0.692 bits per heavy atom. The minimum atomic E-state index is 0. The number of halogens is 1. The van der Waals surface area contributed by atoms with Gasteiger partial charge in [0.15, 0.2) is 0 Å². The highest BCUT2D eigenvalue weighted by molar-refractivity contribution is 14.0. The molecular formula is C24H46IN. The summed E-state index contributed by atoms with van der Waals surface area (Å²) in [6.07, 6.45) is 30.0. The lowest BCUT2D eigenvalue weighted by Gasteiger charge is -2.21. The van der Waals surface area contributed by atoms with Crippen molar-refractivity contribution < 1.29 is 0 Å². The van der Waals surface area contributed by atoms with Crippen LogP contribution in [0.15, 0.2) is 23.9 Å². The van der Waals surface area contributed by atoms with Crippen LogP contribution in [0.25, 0.3) is 0 Å². The molecule has 0 aromatic rings. The predicted octanol–water partition coefficient (Wildman–Crippen LogP) is 8.64. The van der Waals surface area contributed by atoms with Crippen LogP contribution < -0.4 is 0 Å². The SMILES string of the molecule is CCCCCCCCCCCCCCCCCCN1C=CC(C)=CC1.I. The molecule has 0 aliphatic carbocycles. The van der Waals surface area contributed by atoms with Crippen molar-refractivity contribution in [3.63, 3.8) is 0 Å². The highest BCUT2D eigenvalue weighted by atomic mass is 127. The van der Waals surface area contributed by atoms with Gasteiger partial charge in [-0.25, -0.2) is 0 Å². The van der Waals surface area contributed by atoms with Gasteiger partial charge in [0.2, 0.25) is 0 Å². The first-order valence-electron chi connectivity index (χ1n) is 11.4. The minimum Gasteiger partial charge on any atom is -0.374 e. The summed E-state index contributed by atoms with van der Waals surface area (Å²) in [6, 6.07) is 0. The topological polar surface area (TPSA) is 3.24 Å². The average Bonchev–Trinajstić information content (AvgIpc) is 2.63. The van der Waals surface area contributed by atoms with Crippen LogP contribution >= 0.6 is 24.0 Å². The first-order chi connectivity index (χ1) is 12.3. The predicted molar refractivity (Wildman–Crippen MR) is 129 cm³/mol. The first-order valence-corrected chi connectivity index (χ1v) is 11.4. The van der Waals surface area contributed by atoms with E-state index in [0.717, 1.165) is 6.54 Å². The van der Waals surface area contributed by atoms with Crippen molar-refractivity contribution in [1.82, 2.24) is 4.90 Å². The van der Waals surface area contributed by atoms with Crippen LogP contribution in [0.2, 0.25) is 0 Å². The molecule has 0 N–H and O–H groups in total. The van der Waals surface area contributed by atoms with Crippen molar-refractivity contribution >= 4 is 24.0 Å². The fourth-order valence-corrected chi connectivity index (χ4v) is 3.64. The van der Waals surface area contributed by atoms with E-state index in [0.29, 0.717) is 0 Å². The monoisotopic (exact) mass is 475 g/mol. The highest BCUT2D eigenvalue weighted by Crippen LogP contribution is 2.14. The molecule has 0 saturated carbocycles. The molecule has 0 atom stereocenters. The van der Waals surface area contributed by atoms with Gasteiger partial charge in [0.25, 0.3) is 0 Å². The Kier molecular flexibility index (Phi) is 19.8. The number of hydrogen-bond donors (Lipinski definition) is 0. The molecule has 1 heterocycles. The van der Waals surface area contributed by atoms with Gasteiger partial charge in [-0.3, -0.25) is 0 Å². The van der Waals surface area contributed by atoms with Gasteiger partial charge in [0, 0.05) is 13.1 Å². The molecule has 0 amide bonds. The second-order valence-corrected chi connectivity index (χ2v) is 8.06. The second-order valence-electron chi connectivity index (χ2n) is 8.06. The summed E-state index contributed by atoms with van der Waals surface area (Å²) in [7, 11) is 0. The van der Waals surface area contributed by atoms with Gasteiger partial charge in [-0.15, -0.1) is 24.0 Å². The number of nitrogens with zero attached hydrogens (tertiary/aromatic N) is 1. The third-order valence-electron chi connectivity index (χ3n) is 5.49. The molecule has 0 aromatic carbocycles. The van der Waals surface area contributed by atoms with E-state index >= 15 is 0 Å². The molecule has 2 heteroatoms. The molecule has 0 unspecified atom stereocenters. The van der Waals surface area contributed by atoms with Crippen LogP contribution in [0.5, 0.6) is 0 Å². The second kappa shape index (κ2) is 19.8. The van der Waals surface area contributed by atoms with Crippen LogP contribution in [-0.4, -0.2) is 18.0 Å². The van der Waals surface area contributed by atoms with Gasteiger partial charge in [-0.05, 0) is 25.6 Å². The zero-order valence-corrected chi connectivity index (χ0v) is 20.1. The Balaban J connectivity index is 0.00000625. The van der Waals surface area contributed by atoms with Crippen molar-refractivity contribution in [2.45, 2.75) is 117 Å². The summed E-state index contributed by atoms with van der Waals surface area (Å²) in [6.45, 7) is 6.83. The first kappa shape index (κ1) is 26.0. The standard InChI is InChI=1S/C24H45N.HI/c1-3-4-5-6-7-8-9-10-11-12-13-14-15-16-17-18-21-25-22-19-24(2)20-23-25;/h19-20,22H,3-18,21,23H2,1-2H3;1H. The fourth-order valence-electron chi connectivity index (χ4n) is 3.64. The van der Waals surface area contributed by atoms with Crippen molar-refractivity contribution in [1.29, 1.82) is 0 Å². The van der Waals surface area contributed by atoms with Gasteiger partial charge in [0.05, 0.1) is 0 Å². The summed E-state index contributed by atoms with van der Waals surface area (Å²) < 4.78 is 0. The Hall–Kier alpha value is 0.01000. The largest absolute Gasteiger partial charge is 0.374 e. The Morgan fingerprint density at radius 3 is 1.50 bits per heavy atom. The molecule has 1 aliphatic heterocycles.